The highest BCUT2D eigenvalue weighted by atomic mass is 35.5. The number of halogens is 2. The van der Waals surface area contributed by atoms with Crippen LogP contribution in [0.4, 0.5) is 5.69 Å². The summed E-state index contributed by atoms with van der Waals surface area (Å²) in [7, 11) is 0. The van der Waals surface area contributed by atoms with Gasteiger partial charge in [-0.3, -0.25) is 4.79 Å². The third-order valence-electron chi connectivity index (χ3n) is 3.34. The average Bonchev–Trinajstić information content (AvgIpc) is 2.60. The van der Waals surface area contributed by atoms with Gasteiger partial charge in [0.1, 0.15) is 5.75 Å². The van der Waals surface area contributed by atoms with Crippen molar-refractivity contribution in [2.75, 3.05) is 18.5 Å². The summed E-state index contributed by atoms with van der Waals surface area (Å²) in [5.41, 5.74) is 0.983. The predicted molar refractivity (Wildman–Crippen MR) is 102 cm³/mol. The zero-order valence-electron chi connectivity index (χ0n) is 14.3. The third kappa shape index (κ3) is 6.58. The number of carbonyl (C=O) groups excluding carboxylic acids is 2. The standard InChI is InChI=1S/C19H19Cl2NO4/c1-2-3-8-25-19(24)13-4-6-16(7-5-13)22-18(23)12-26-17-10-14(20)9-15(21)11-17/h4-7,9-11H,2-3,8,12H2,1H3,(H,22,23). The zero-order chi connectivity index (χ0) is 18.9. The molecule has 0 saturated heterocycles. The van der Waals surface area contributed by atoms with Gasteiger partial charge in [0.15, 0.2) is 6.61 Å². The fourth-order valence-electron chi connectivity index (χ4n) is 2.04. The summed E-state index contributed by atoms with van der Waals surface area (Å²) in [6.07, 6.45) is 1.79. The van der Waals surface area contributed by atoms with Crippen LogP contribution in [0.25, 0.3) is 0 Å². The molecule has 0 aromatic heterocycles. The van der Waals surface area contributed by atoms with Crippen molar-refractivity contribution in [2.45, 2.75) is 19.8 Å². The van der Waals surface area contributed by atoms with Crippen LogP contribution in [-0.4, -0.2) is 25.1 Å². The molecule has 0 bridgehead atoms. The lowest BCUT2D eigenvalue weighted by Gasteiger charge is -2.09. The summed E-state index contributed by atoms with van der Waals surface area (Å²) in [5, 5.41) is 3.53. The average molecular weight is 396 g/mol. The van der Waals surface area contributed by atoms with Crippen molar-refractivity contribution in [2.24, 2.45) is 0 Å². The molecule has 2 rings (SSSR count). The number of hydrogen-bond donors (Lipinski definition) is 1. The molecule has 0 spiro atoms. The van der Waals surface area contributed by atoms with Gasteiger partial charge in [0.25, 0.3) is 5.91 Å². The second-order valence-corrected chi connectivity index (χ2v) is 6.38. The predicted octanol–water partition coefficient (Wildman–Crippen LogP) is 4.97. The van der Waals surface area contributed by atoms with Crippen LogP contribution in [0, 0.1) is 0 Å². The van der Waals surface area contributed by atoms with E-state index in [9.17, 15) is 9.59 Å². The molecule has 1 N–H and O–H groups in total. The largest absolute Gasteiger partial charge is 0.484 e. The van der Waals surface area contributed by atoms with Gasteiger partial charge < -0.3 is 14.8 Å². The molecule has 0 aliphatic carbocycles. The van der Waals surface area contributed by atoms with Crippen LogP contribution in [0.3, 0.4) is 0 Å². The monoisotopic (exact) mass is 395 g/mol. The Morgan fingerprint density at radius 1 is 1.04 bits per heavy atom. The van der Waals surface area contributed by atoms with Crippen molar-refractivity contribution >= 4 is 40.8 Å². The Bertz CT molecular complexity index is 742. The number of benzene rings is 2. The summed E-state index contributed by atoms with van der Waals surface area (Å²) in [4.78, 5) is 23.8. The molecule has 0 saturated carbocycles. The Hall–Kier alpha value is -2.24. The molecular formula is C19H19Cl2NO4. The Morgan fingerprint density at radius 3 is 2.31 bits per heavy atom. The minimum Gasteiger partial charge on any atom is -0.484 e. The molecule has 0 unspecified atom stereocenters. The molecule has 7 heteroatoms. The minimum atomic E-state index is -0.377. The van der Waals surface area contributed by atoms with Crippen LogP contribution in [-0.2, 0) is 9.53 Å². The van der Waals surface area contributed by atoms with E-state index in [1.54, 1.807) is 42.5 Å². The fourth-order valence-corrected chi connectivity index (χ4v) is 2.55. The smallest absolute Gasteiger partial charge is 0.338 e. The molecule has 1 amide bonds. The Labute approximate surface area is 162 Å². The van der Waals surface area contributed by atoms with E-state index in [4.69, 9.17) is 32.7 Å². The van der Waals surface area contributed by atoms with Crippen molar-refractivity contribution in [3.8, 4) is 5.75 Å². The van der Waals surface area contributed by atoms with Crippen molar-refractivity contribution in [1.82, 2.24) is 0 Å². The molecule has 0 aliphatic heterocycles. The van der Waals surface area contributed by atoms with E-state index >= 15 is 0 Å². The van der Waals surface area contributed by atoms with Gasteiger partial charge in [-0.05, 0) is 48.9 Å². The lowest BCUT2D eigenvalue weighted by atomic mass is 10.2. The second-order valence-electron chi connectivity index (χ2n) is 5.51. The highest BCUT2D eigenvalue weighted by Gasteiger charge is 2.09. The number of nitrogens with one attached hydrogen (secondary N) is 1. The van der Waals surface area contributed by atoms with Gasteiger partial charge in [0.05, 0.1) is 12.2 Å². The van der Waals surface area contributed by atoms with E-state index in [0.717, 1.165) is 12.8 Å². The van der Waals surface area contributed by atoms with Gasteiger partial charge >= 0.3 is 5.97 Å². The number of carbonyl (C=O) groups is 2. The molecule has 0 heterocycles. The summed E-state index contributed by atoms with van der Waals surface area (Å²) in [5.74, 6) is -0.320. The summed E-state index contributed by atoms with van der Waals surface area (Å²) in [6, 6.07) is 11.2. The SMILES string of the molecule is CCCCOC(=O)c1ccc(NC(=O)COc2cc(Cl)cc(Cl)c2)cc1. The molecule has 0 radical (unpaired) electrons. The first kappa shape index (κ1) is 20.1. The molecular weight excluding hydrogens is 377 g/mol. The minimum absolute atomic E-state index is 0.197. The van der Waals surface area contributed by atoms with Crippen molar-refractivity contribution in [1.29, 1.82) is 0 Å². The third-order valence-corrected chi connectivity index (χ3v) is 3.78. The quantitative estimate of drug-likeness (QED) is 0.506. The molecule has 5 nitrogen and oxygen atoms in total. The van der Waals surface area contributed by atoms with Crippen LogP contribution in [0.5, 0.6) is 5.75 Å². The number of unbranched alkanes of at least 4 members (excludes halogenated alkanes) is 1. The van der Waals surface area contributed by atoms with Gasteiger partial charge in [-0.1, -0.05) is 36.5 Å². The maximum Gasteiger partial charge on any atom is 0.338 e. The number of hydrogen-bond acceptors (Lipinski definition) is 4. The molecule has 0 aliphatic rings. The lowest BCUT2D eigenvalue weighted by molar-refractivity contribution is -0.118. The van der Waals surface area contributed by atoms with Gasteiger partial charge in [0, 0.05) is 15.7 Å². The maximum atomic E-state index is 12.0. The van der Waals surface area contributed by atoms with Crippen molar-refractivity contribution < 1.29 is 19.1 Å². The number of rotatable bonds is 8. The van der Waals surface area contributed by atoms with Gasteiger partial charge in [-0.25, -0.2) is 4.79 Å². The first-order valence-electron chi connectivity index (χ1n) is 8.14. The van der Waals surface area contributed by atoms with E-state index in [1.165, 1.54) is 0 Å². The molecule has 2 aromatic rings. The highest BCUT2D eigenvalue weighted by Crippen LogP contribution is 2.24. The molecule has 2 aromatic carbocycles. The molecule has 0 atom stereocenters. The second kappa shape index (κ2) is 10.0. The number of esters is 1. The number of amides is 1. The topological polar surface area (TPSA) is 64.6 Å². The van der Waals surface area contributed by atoms with Crippen molar-refractivity contribution in [3.05, 3.63) is 58.1 Å². The van der Waals surface area contributed by atoms with Crippen LogP contribution in [0.15, 0.2) is 42.5 Å². The highest BCUT2D eigenvalue weighted by molar-refractivity contribution is 6.34. The zero-order valence-corrected chi connectivity index (χ0v) is 15.8. The summed E-state index contributed by atoms with van der Waals surface area (Å²) in [6.45, 7) is 2.23. The van der Waals surface area contributed by atoms with E-state index < -0.39 is 0 Å². The van der Waals surface area contributed by atoms with Gasteiger partial charge in [-0.2, -0.15) is 0 Å². The van der Waals surface area contributed by atoms with E-state index in [1.807, 2.05) is 6.92 Å². The van der Waals surface area contributed by atoms with Gasteiger partial charge in [0.2, 0.25) is 0 Å². The molecule has 26 heavy (non-hydrogen) atoms. The number of ether oxygens (including phenoxy) is 2. The van der Waals surface area contributed by atoms with E-state index in [-0.39, 0.29) is 18.5 Å². The Kier molecular flexibility index (Phi) is 7.75. The number of anilines is 1. The first-order chi connectivity index (χ1) is 12.5. The fraction of sp³-hybridized carbons (Fsp3) is 0.263. The Balaban J connectivity index is 1.84. The molecule has 138 valence electrons. The van der Waals surface area contributed by atoms with Crippen LogP contribution in [0.2, 0.25) is 10.0 Å². The lowest BCUT2D eigenvalue weighted by Crippen LogP contribution is -2.20. The maximum absolute atomic E-state index is 12.0. The van der Waals surface area contributed by atoms with E-state index in [2.05, 4.69) is 5.32 Å². The Morgan fingerprint density at radius 2 is 1.69 bits per heavy atom. The summed E-state index contributed by atoms with van der Waals surface area (Å²) >= 11 is 11.7. The van der Waals surface area contributed by atoms with Crippen LogP contribution < -0.4 is 10.1 Å². The van der Waals surface area contributed by atoms with E-state index in [0.29, 0.717) is 33.7 Å². The van der Waals surface area contributed by atoms with Gasteiger partial charge in [-0.15, -0.1) is 0 Å². The van der Waals surface area contributed by atoms with Crippen molar-refractivity contribution in [3.63, 3.8) is 0 Å². The molecule has 0 fully saturated rings. The van der Waals surface area contributed by atoms with Crippen LogP contribution in [0.1, 0.15) is 30.1 Å². The van der Waals surface area contributed by atoms with Crippen LogP contribution >= 0.6 is 23.2 Å². The first-order valence-corrected chi connectivity index (χ1v) is 8.89. The normalized spacial score (nSPS) is 10.3. The summed E-state index contributed by atoms with van der Waals surface area (Å²) < 4.78 is 10.5.